The molecule has 3 aromatic rings. The molecule has 0 unspecified atom stereocenters. The van der Waals surface area contributed by atoms with Crippen molar-refractivity contribution < 1.29 is 9.18 Å². The number of fused-ring (bicyclic) bond motifs is 4. The zero-order chi connectivity index (χ0) is 21.0. The normalized spacial score (nSPS) is 18.6. The molecule has 0 bridgehead atoms. The Morgan fingerprint density at radius 1 is 1.03 bits per heavy atom. The van der Waals surface area contributed by atoms with E-state index in [2.05, 4.69) is 34.8 Å². The third-order valence-corrected chi connectivity index (χ3v) is 6.84. The summed E-state index contributed by atoms with van der Waals surface area (Å²) in [5.74, 6) is -0.325. The second-order valence-corrected chi connectivity index (χ2v) is 8.70. The van der Waals surface area contributed by atoms with Crippen LogP contribution in [0.2, 0.25) is 0 Å². The van der Waals surface area contributed by atoms with Crippen molar-refractivity contribution in [2.75, 3.05) is 25.0 Å². The van der Waals surface area contributed by atoms with Crippen LogP contribution in [0.3, 0.4) is 0 Å². The highest BCUT2D eigenvalue weighted by atomic mass is 19.1. The predicted molar refractivity (Wildman–Crippen MR) is 116 cm³/mol. The summed E-state index contributed by atoms with van der Waals surface area (Å²) >= 11 is 0. The third-order valence-electron chi connectivity index (χ3n) is 6.84. The van der Waals surface area contributed by atoms with Gasteiger partial charge in [0, 0.05) is 35.8 Å². The fourth-order valence-corrected chi connectivity index (χ4v) is 5.09. The molecular formula is C24H25FN4O. The molecule has 1 fully saturated rings. The number of amides is 1. The summed E-state index contributed by atoms with van der Waals surface area (Å²) in [7, 11) is 1.85. The Kier molecular flexibility index (Phi) is 4.36. The Balaban J connectivity index is 1.68. The summed E-state index contributed by atoms with van der Waals surface area (Å²) in [6.45, 7) is 6.22. The molecule has 5 nitrogen and oxygen atoms in total. The van der Waals surface area contributed by atoms with E-state index in [1.54, 1.807) is 17.2 Å². The molecule has 6 heteroatoms. The maximum Gasteiger partial charge on any atom is 0.237 e. The molecule has 5 rings (SSSR count). The van der Waals surface area contributed by atoms with E-state index in [0.29, 0.717) is 6.04 Å². The molecule has 1 amide bonds. The van der Waals surface area contributed by atoms with Crippen molar-refractivity contribution in [1.82, 2.24) is 14.9 Å². The van der Waals surface area contributed by atoms with Gasteiger partial charge in [-0.05, 0) is 69.6 Å². The van der Waals surface area contributed by atoms with Crippen molar-refractivity contribution in [3.05, 3.63) is 54.2 Å². The monoisotopic (exact) mass is 404 g/mol. The van der Waals surface area contributed by atoms with E-state index in [9.17, 15) is 9.18 Å². The highest BCUT2D eigenvalue weighted by Gasteiger charge is 2.52. The van der Waals surface area contributed by atoms with Crippen molar-refractivity contribution in [3.63, 3.8) is 0 Å². The second-order valence-electron chi connectivity index (χ2n) is 8.70. The molecule has 0 radical (unpaired) electrons. The van der Waals surface area contributed by atoms with Gasteiger partial charge in [-0.2, -0.15) is 4.39 Å². The molecule has 2 aliphatic heterocycles. The van der Waals surface area contributed by atoms with E-state index in [1.807, 2.05) is 25.4 Å². The van der Waals surface area contributed by atoms with Gasteiger partial charge in [0.15, 0.2) is 0 Å². The minimum absolute atomic E-state index is 0.170. The number of likely N-dealkylation sites (N-methyl/N-ethyl adjacent to an activating group) is 1. The number of piperidine rings is 1. The highest BCUT2D eigenvalue weighted by Crippen LogP contribution is 2.50. The van der Waals surface area contributed by atoms with Gasteiger partial charge in [-0.25, -0.2) is 4.98 Å². The van der Waals surface area contributed by atoms with Crippen LogP contribution < -0.4 is 4.90 Å². The number of benzene rings is 1. The summed E-state index contributed by atoms with van der Waals surface area (Å²) < 4.78 is 13.3. The van der Waals surface area contributed by atoms with Gasteiger partial charge in [0.25, 0.3) is 0 Å². The number of hydrogen-bond donors (Lipinski definition) is 0. The molecule has 0 N–H and O–H groups in total. The minimum Gasteiger partial charge on any atom is -0.313 e. The van der Waals surface area contributed by atoms with Gasteiger partial charge in [-0.1, -0.05) is 6.07 Å². The smallest absolute Gasteiger partial charge is 0.237 e. The number of carbonyl (C=O) groups excluding carboxylic acids is 1. The summed E-state index contributed by atoms with van der Waals surface area (Å²) in [4.78, 5) is 26.1. The molecule has 0 aliphatic carbocycles. The van der Waals surface area contributed by atoms with Crippen molar-refractivity contribution in [1.29, 1.82) is 0 Å². The zero-order valence-electron chi connectivity index (χ0n) is 17.5. The fraction of sp³-hybridized carbons (Fsp3) is 0.375. The SMILES string of the molecule is CC(C)N1CCC2(CC1)C(=O)N(C)c1cnc3ccc(-c4ccc(F)nc4)cc3c12. The van der Waals surface area contributed by atoms with Gasteiger partial charge in [-0.15, -0.1) is 0 Å². The van der Waals surface area contributed by atoms with Crippen molar-refractivity contribution >= 4 is 22.5 Å². The van der Waals surface area contributed by atoms with Gasteiger partial charge in [0.2, 0.25) is 11.9 Å². The molecule has 0 atom stereocenters. The number of nitrogens with zero attached hydrogens (tertiary/aromatic N) is 4. The lowest BCUT2D eigenvalue weighted by Gasteiger charge is -2.40. The van der Waals surface area contributed by atoms with Crippen LogP contribution in [0.15, 0.2) is 42.7 Å². The van der Waals surface area contributed by atoms with Crippen LogP contribution in [0.5, 0.6) is 0 Å². The number of likely N-dealkylation sites (tertiary alicyclic amines) is 1. The minimum atomic E-state index is -0.504. The van der Waals surface area contributed by atoms with E-state index in [1.165, 1.54) is 6.07 Å². The van der Waals surface area contributed by atoms with Gasteiger partial charge < -0.3 is 9.80 Å². The standard InChI is InChI=1S/C24H25FN4O/c1-15(2)29-10-8-24(9-11-29)22-18-12-16(17-5-7-21(25)27-13-17)4-6-19(18)26-14-20(22)28(3)23(24)30/h4-7,12-15H,8-11H2,1-3H3. The lowest BCUT2D eigenvalue weighted by molar-refractivity contribution is -0.124. The van der Waals surface area contributed by atoms with Crippen LogP contribution in [-0.4, -0.2) is 47.0 Å². The summed E-state index contributed by atoms with van der Waals surface area (Å²) in [6, 6.07) is 9.61. The van der Waals surface area contributed by atoms with Crippen molar-refractivity contribution in [2.24, 2.45) is 0 Å². The van der Waals surface area contributed by atoms with Crippen molar-refractivity contribution in [3.8, 4) is 11.1 Å². The molecule has 4 heterocycles. The van der Waals surface area contributed by atoms with Gasteiger partial charge >= 0.3 is 0 Å². The number of aromatic nitrogens is 2. The predicted octanol–water partition coefficient (Wildman–Crippen LogP) is 4.15. The Hall–Kier alpha value is -2.86. The molecule has 2 aliphatic rings. The first-order valence-electron chi connectivity index (χ1n) is 10.5. The maximum absolute atomic E-state index is 13.5. The number of hydrogen-bond acceptors (Lipinski definition) is 4. The molecule has 1 saturated heterocycles. The molecule has 1 aromatic carbocycles. The lowest BCUT2D eigenvalue weighted by Crippen LogP contribution is -2.49. The molecule has 30 heavy (non-hydrogen) atoms. The van der Waals surface area contributed by atoms with Gasteiger partial charge in [-0.3, -0.25) is 9.78 Å². The van der Waals surface area contributed by atoms with Gasteiger partial charge in [0.1, 0.15) is 0 Å². The van der Waals surface area contributed by atoms with Crippen LogP contribution in [-0.2, 0) is 10.2 Å². The molecule has 2 aromatic heterocycles. The number of pyridine rings is 2. The molecular weight excluding hydrogens is 379 g/mol. The van der Waals surface area contributed by atoms with E-state index >= 15 is 0 Å². The molecule has 154 valence electrons. The Morgan fingerprint density at radius 3 is 2.43 bits per heavy atom. The van der Waals surface area contributed by atoms with Crippen LogP contribution >= 0.6 is 0 Å². The summed E-state index contributed by atoms with van der Waals surface area (Å²) in [5, 5.41) is 1.00. The Morgan fingerprint density at radius 2 is 1.77 bits per heavy atom. The topological polar surface area (TPSA) is 49.3 Å². The van der Waals surface area contributed by atoms with Crippen LogP contribution in [0.1, 0.15) is 32.3 Å². The van der Waals surface area contributed by atoms with Crippen LogP contribution in [0.4, 0.5) is 10.1 Å². The van der Waals surface area contributed by atoms with Crippen LogP contribution in [0, 0.1) is 5.95 Å². The van der Waals surface area contributed by atoms with Gasteiger partial charge in [0.05, 0.1) is 22.8 Å². The highest BCUT2D eigenvalue weighted by molar-refractivity contribution is 6.12. The van der Waals surface area contributed by atoms with E-state index < -0.39 is 11.4 Å². The zero-order valence-corrected chi connectivity index (χ0v) is 17.5. The second kappa shape index (κ2) is 6.84. The van der Waals surface area contributed by atoms with Crippen LogP contribution in [0.25, 0.3) is 22.0 Å². The van der Waals surface area contributed by atoms with E-state index in [0.717, 1.165) is 59.2 Å². The first kappa shape index (κ1) is 19.1. The largest absolute Gasteiger partial charge is 0.313 e. The van der Waals surface area contributed by atoms with E-state index in [4.69, 9.17) is 0 Å². The molecule has 1 spiro atoms. The number of anilines is 1. The average molecular weight is 404 g/mol. The number of halogens is 1. The molecule has 0 saturated carbocycles. The third kappa shape index (κ3) is 2.74. The average Bonchev–Trinajstić information content (AvgIpc) is 2.96. The lowest BCUT2D eigenvalue weighted by atomic mass is 9.72. The summed E-state index contributed by atoms with van der Waals surface area (Å²) in [6.07, 6.45) is 4.99. The first-order chi connectivity index (χ1) is 14.4. The Labute approximate surface area is 175 Å². The fourth-order valence-electron chi connectivity index (χ4n) is 5.09. The number of carbonyl (C=O) groups is 1. The number of rotatable bonds is 2. The Bertz CT molecular complexity index is 1130. The maximum atomic E-state index is 13.5. The first-order valence-corrected chi connectivity index (χ1v) is 10.5. The quantitative estimate of drug-likeness (QED) is 0.602. The van der Waals surface area contributed by atoms with Crippen molar-refractivity contribution in [2.45, 2.75) is 38.1 Å². The van der Waals surface area contributed by atoms with E-state index in [-0.39, 0.29) is 5.91 Å². The summed E-state index contributed by atoms with van der Waals surface area (Å²) in [5.41, 5.74) is 4.16.